The van der Waals surface area contributed by atoms with Gasteiger partial charge in [-0.25, -0.2) is 5.15 Å². The molecule has 0 saturated carbocycles. The molecule has 0 amide bonds. The lowest BCUT2D eigenvalue weighted by molar-refractivity contribution is 0.0597. The van der Waals surface area contributed by atoms with Crippen molar-refractivity contribution in [1.29, 1.82) is 0 Å². The first-order valence-electron chi connectivity index (χ1n) is 3.42. The zero-order valence-corrected chi connectivity index (χ0v) is 6.88. The van der Waals surface area contributed by atoms with Crippen LogP contribution in [0.5, 0.6) is 0 Å². The van der Waals surface area contributed by atoms with E-state index < -0.39 is 9.68 Å². The molecule has 1 heterocycles. The van der Waals surface area contributed by atoms with Gasteiger partial charge in [-0.05, 0) is 19.3 Å². The van der Waals surface area contributed by atoms with Crippen LogP contribution in [0.25, 0.3) is 0 Å². The molecule has 0 aliphatic carbocycles. The number of hydrogen-bond acceptors (Lipinski definition) is 3. The molecule has 0 bridgehead atoms. The highest BCUT2D eigenvalue weighted by molar-refractivity contribution is 6.33. The van der Waals surface area contributed by atoms with Crippen molar-refractivity contribution in [3.05, 3.63) is 0 Å². The topological polar surface area (TPSA) is 41.5 Å². The second kappa shape index (κ2) is 4.00. The van der Waals surface area contributed by atoms with Gasteiger partial charge < -0.3 is 9.94 Å². The molecule has 0 aromatic rings. The van der Waals surface area contributed by atoms with E-state index in [0.29, 0.717) is 5.73 Å². The van der Waals surface area contributed by atoms with E-state index in [1.807, 2.05) is 0 Å². The zero-order chi connectivity index (χ0) is 6.53. The monoisotopic (exact) mass is 147 g/mol. The second-order valence-electron chi connectivity index (χ2n) is 2.35. The third-order valence-corrected chi connectivity index (χ3v) is 2.87. The maximum atomic E-state index is 8.35. The van der Waals surface area contributed by atoms with Crippen LogP contribution in [0.2, 0.25) is 0 Å². The first kappa shape index (κ1) is 7.21. The van der Waals surface area contributed by atoms with Gasteiger partial charge >= 0.3 is 0 Å². The Morgan fingerprint density at radius 3 is 3.00 bits per heavy atom. The fourth-order valence-electron chi connectivity index (χ4n) is 1.07. The smallest absolute Gasteiger partial charge is 0.156 e. The van der Waals surface area contributed by atoms with E-state index in [1.54, 1.807) is 0 Å². The SMILES string of the molecule is ON[SiH2]C1CCCCO1. The summed E-state index contributed by atoms with van der Waals surface area (Å²) in [4.78, 5) is 0. The summed E-state index contributed by atoms with van der Waals surface area (Å²) in [5.41, 5.74) is 0.378. The molecule has 54 valence electrons. The minimum Gasteiger partial charge on any atom is -0.381 e. The van der Waals surface area contributed by atoms with Crippen LogP contribution < -0.4 is 5.15 Å². The minimum absolute atomic E-state index is 0.378. The van der Waals surface area contributed by atoms with Crippen molar-refractivity contribution in [1.82, 2.24) is 5.15 Å². The molecule has 1 aliphatic heterocycles. The fraction of sp³-hybridized carbons (Fsp3) is 1.00. The zero-order valence-electron chi connectivity index (χ0n) is 5.47. The van der Waals surface area contributed by atoms with Gasteiger partial charge in [-0.15, -0.1) is 0 Å². The Morgan fingerprint density at radius 2 is 2.44 bits per heavy atom. The molecule has 1 atom stereocenters. The molecule has 1 saturated heterocycles. The lowest BCUT2D eigenvalue weighted by atomic mass is 10.2. The lowest BCUT2D eigenvalue weighted by Gasteiger charge is -2.20. The van der Waals surface area contributed by atoms with Gasteiger partial charge in [0.25, 0.3) is 0 Å². The minimum atomic E-state index is -0.541. The summed E-state index contributed by atoms with van der Waals surface area (Å²) < 4.78 is 5.36. The summed E-state index contributed by atoms with van der Waals surface area (Å²) in [6.45, 7) is 0.888. The van der Waals surface area contributed by atoms with Crippen molar-refractivity contribution in [3.63, 3.8) is 0 Å². The van der Waals surface area contributed by atoms with Crippen LogP contribution >= 0.6 is 0 Å². The van der Waals surface area contributed by atoms with Gasteiger partial charge in [-0.3, -0.25) is 0 Å². The maximum Gasteiger partial charge on any atom is 0.156 e. The Morgan fingerprint density at radius 1 is 1.56 bits per heavy atom. The van der Waals surface area contributed by atoms with Crippen molar-refractivity contribution in [2.45, 2.75) is 25.0 Å². The first-order valence-corrected chi connectivity index (χ1v) is 4.94. The van der Waals surface area contributed by atoms with Crippen molar-refractivity contribution < 1.29 is 9.94 Å². The van der Waals surface area contributed by atoms with Crippen LogP contribution in [0.4, 0.5) is 0 Å². The van der Waals surface area contributed by atoms with Gasteiger partial charge in [0.1, 0.15) is 0 Å². The average Bonchev–Trinajstić information content (AvgIpc) is 1.91. The van der Waals surface area contributed by atoms with Crippen molar-refractivity contribution in [2.75, 3.05) is 6.61 Å². The van der Waals surface area contributed by atoms with E-state index in [0.717, 1.165) is 13.0 Å². The molecule has 3 nitrogen and oxygen atoms in total. The Labute approximate surface area is 57.3 Å². The van der Waals surface area contributed by atoms with Crippen molar-refractivity contribution in [2.24, 2.45) is 0 Å². The van der Waals surface area contributed by atoms with Gasteiger partial charge in [-0.1, -0.05) is 0 Å². The van der Waals surface area contributed by atoms with Crippen LogP contribution in [0.3, 0.4) is 0 Å². The molecule has 0 aromatic heterocycles. The predicted octanol–water partition coefficient (Wildman–Crippen LogP) is -0.424. The second-order valence-corrected chi connectivity index (χ2v) is 3.99. The third-order valence-electron chi connectivity index (χ3n) is 1.59. The van der Waals surface area contributed by atoms with E-state index >= 15 is 0 Å². The summed E-state index contributed by atoms with van der Waals surface area (Å²) >= 11 is 0. The number of ether oxygens (including phenoxy) is 1. The fourth-order valence-corrected chi connectivity index (χ4v) is 2.05. The number of rotatable bonds is 2. The molecule has 0 aromatic carbocycles. The molecule has 1 unspecified atom stereocenters. The lowest BCUT2D eigenvalue weighted by Crippen LogP contribution is -2.33. The highest BCUT2D eigenvalue weighted by Gasteiger charge is 2.12. The normalized spacial score (nSPS) is 29.7. The molecule has 9 heavy (non-hydrogen) atoms. The average molecular weight is 147 g/mol. The summed E-state index contributed by atoms with van der Waals surface area (Å²) in [6.07, 6.45) is 3.59. The Hall–Kier alpha value is 0.0969. The third kappa shape index (κ3) is 2.44. The van der Waals surface area contributed by atoms with Crippen molar-refractivity contribution >= 4 is 9.68 Å². The summed E-state index contributed by atoms with van der Waals surface area (Å²) in [6, 6.07) is 0. The van der Waals surface area contributed by atoms with E-state index in [1.165, 1.54) is 12.8 Å². The number of hydrogen-bond donors (Lipinski definition) is 2. The Bertz CT molecular complexity index is 72.6. The van der Waals surface area contributed by atoms with Crippen LogP contribution in [-0.2, 0) is 4.74 Å². The van der Waals surface area contributed by atoms with Gasteiger partial charge in [0, 0.05) is 6.61 Å². The van der Waals surface area contributed by atoms with Gasteiger partial charge in [0.05, 0.1) is 5.73 Å². The van der Waals surface area contributed by atoms with Crippen LogP contribution in [0, 0.1) is 0 Å². The van der Waals surface area contributed by atoms with Crippen molar-refractivity contribution in [3.8, 4) is 0 Å². The molecule has 1 aliphatic rings. The molecular weight excluding hydrogens is 134 g/mol. The molecular formula is C5H13NO2Si. The Balaban J connectivity index is 2.08. The highest BCUT2D eigenvalue weighted by atomic mass is 28.2. The molecule has 1 fully saturated rings. The van der Waals surface area contributed by atoms with Crippen LogP contribution in [0.1, 0.15) is 19.3 Å². The molecule has 2 N–H and O–H groups in total. The largest absolute Gasteiger partial charge is 0.381 e. The van der Waals surface area contributed by atoms with Gasteiger partial charge in [-0.2, -0.15) is 0 Å². The van der Waals surface area contributed by atoms with E-state index in [9.17, 15) is 0 Å². The Kier molecular flexibility index (Phi) is 3.20. The highest BCUT2D eigenvalue weighted by Crippen LogP contribution is 2.10. The van der Waals surface area contributed by atoms with Gasteiger partial charge in [0.15, 0.2) is 9.68 Å². The van der Waals surface area contributed by atoms with E-state index in [2.05, 4.69) is 5.15 Å². The quantitative estimate of drug-likeness (QED) is 0.411. The molecule has 4 heteroatoms. The summed E-state index contributed by atoms with van der Waals surface area (Å²) in [5, 5.41) is 10.6. The predicted molar refractivity (Wildman–Crippen MR) is 37.1 cm³/mol. The molecule has 0 radical (unpaired) electrons. The van der Waals surface area contributed by atoms with E-state index in [4.69, 9.17) is 9.94 Å². The van der Waals surface area contributed by atoms with E-state index in [-0.39, 0.29) is 0 Å². The molecule has 0 spiro atoms. The maximum absolute atomic E-state index is 8.35. The van der Waals surface area contributed by atoms with Crippen LogP contribution in [0.15, 0.2) is 0 Å². The number of nitrogens with one attached hydrogen (secondary N) is 1. The van der Waals surface area contributed by atoms with Crippen LogP contribution in [-0.4, -0.2) is 27.2 Å². The first-order chi connectivity index (χ1) is 4.43. The van der Waals surface area contributed by atoms with Gasteiger partial charge in [0.2, 0.25) is 0 Å². The summed E-state index contributed by atoms with van der Waals surface area (Å²) in [7, 11) is -0.541. The molecule has 1 rings (SSSR count). The standard InChI is InChI=1S/C5H13NO2Si/c7-6-9-5-3-1-2-4-8-5/h5-7H,1-4,9H2. The summed E-state index contributed by atoms with van der Waals surface area (Å²) in [5.74, 6) is 0.